The molecule has 0 atom stereocenters. The van der Waals surface area contributed by atoms with E-state index in [1.807, 2.05) is 53.2 Å². The minimum absolute atomic E-state index is 0.0267. The first-order valence-corrected chi connectivity index (χ1v) is 15.6. The second kappa shape index (κ2) is 13.2. The highest BCUT2D eigenvalue weighted by Gasteiger charge is 2.22. The molecule has 8 nitrogen and oxygen atoms in total. The Balaban J connectivity index is 1.29. The molecule has 1 saturated carbocycles. The monoisotopic (exact) mass is 606 g/mol. The van der Waals surface area contributed by atoms with Crippen LogP contribution in [0.25, 0.3) is 27.7 Å². The van der Waals surface area contributed by atoms with Gasteiger partial charge in [-0.2, -0.15) is 9.61 Å². The topological polar surface area (TPSA) is 93.4 Å². The Labute approximate surface area is 262 Å². The molecule has 6 rings (SSSR count). The molecule has 0 spiro atoms. The van der Waals surface area contributed by atoms with E-state index in [2.05, 4.69) is 43.2 Å². The van der Waals surface area contributed by atoms with Gasteiger partial charge in [-0.15, -0.1) is 0 Å². The second-order valence-corrected chi connectivity index (χ2v) is 12.1. The summed E-state index contributed by atoms with van der Waals surface area (Å²) in [6.45, 7) is 7.98. The molecule has 232 valence electrons. The van der Waals surface area contributed by atoms with E-state index in [1.165, 1.54) is 0 Å². The lowest BCUT2D eigenvalue weighted by atomic mass is 9.93. The summed E-state index contributed by atoms with van der Waals surface area (Å²) < 4.78 is 20.8. The average molecular weight is 607 g/mol. The number of hydrogen-bond donors (Lipinski definition) is 2. The van der Waals surface area contributed by atoms with Crippen molar-refractivity contribution in [2.24, 2.45) is 0 Å². The lowest BCUT2D eigenvalue weighted by Gasteiger charge is -2.28. The van der Waals surface area contributed by atoms with Crippen LogP contribution in [-0.2, 0) is 22.5 Å². The van der Waals surface area contributed by atoms with E-state index in [9.17, 15) is 9.18 Å². The smallest absolute Gasteiger partial charge is 0.194 e. The number of benzene rings is 2. The molecule has 45 heavy (non-hydrogen) atoms. The van der Waals surface area contributed by atoms with E-state index in [4.69, 9.17) is 19.8 Å². The molecule has 0 radical (unpaired) electrons. The van der Waals surface area contributed by atoms with Crippen LogP contribution in [0.3, 0.4) is 0 Å². The van der Waals surface area contributed by atoms with Gasteiger partial charge < -0.3 is 15.4 Å². The molecule has 3 aromatic heterocycles. The second-order valence-electron chi connectivity index (χ2n) is 12.1. The highest BCUT2D eigenvalue weighted by atomic mass is 19.1. The molecule has 0 saturated heterocycles. The third-order valence-electron chi connectivity index (χ3n) is 8.71. The maximum absolute atomic E-state index is 13.3. The van der Waals surface area contributed by atoms with Crippen LogP contribution in [0, 0.1) is 0 Å². The molecule has 0 unspecified atom stereocenters. The van der Waals surface area contributed by atoms with Crippen LogP contribution in [0.1, 0.15) is 62.1 Å². The standard InChI is InChI=1S/C36H39FN6O2/c1-22(2)31-21-40-43-34(19-33(42-36(31)43)41-27-10-12-28(45-4)13-11-27)39-20-26-7-5-6-8-29(26)35-30-14-9-24(18-32(44)23(3)37)17-25(30)15-16-38-35/h5-9,14-17,19,21-22,27-28,39H,3,10-13,18,20H2,1-2,4H3,(H,41,42). The third-order valence-corrected chi connectivity index (χ3v) is 8.71. The van der Waals surface area contributed by atoms with E-state index in [1.54, 1.807) is 13.3 Å². The fourth-order valence-corrected chi connectivity index (χ4v) is 6.16. The number of anilines is 2. The molecule has 2 N–H and O–H groups in total. The van der Waals surface area contributed by atoms with Gasteiger partial charge in [0.15, 0.2) is 17.3 Å². The number of carbonyl (C=O) groups excluding carboxylic acids is 1. The molecule has 9 heteroatoms. The average Bonchev–Trinajstić information content (AvgIpc) is 3.48. The van der Waals surface area contributed by atoms with Gasteiger partial charge in [0.1, 0.15) is 11.6 Å². The number of methoxy groups -OCH3 is 1. The van der Waals surface area contributed by atoms with Crippen molar-refractivity contribution in [2.45, 2.75) is 70.6 Å². The number of Topliss-reactive ketones (excluding diaryl/α,β-unsaturated/α-hetero) is 1. The number of hydrogen-bond acceptors (Lipinski definition) is 7. The van der Waals surface area contributed by atoms with Gasteiger partial charge in [-0.3, -0.25) is 9.78 Å². The molecule has 1 aliphatic rings. The van der Waals surface area contributed by atoms with E-state index >= 15 is 0 Å². The van der Waals surface area contributed by atoms with Crippen molar-refractivity contribution in [3.05, 3.63) is 96.1 Å². The summed E-state index contributed by atoms with van der Waals surface area (Å²) >= 11 is 0. The van der Waals surface area contributed by atoms with Crippen LogP contribution in [0.4, 0.5) is 16.0 Å². The number of carbonyl (C=O) groups is 1. The molecule has 5 aromatic rings. The lowest BCUT2D eigenvalue weighted by molar-refractivity contribution is -0.116. The van der Waals surface area contributed by atoms with Crippen molar-refractivity contribution in [2.75, 3.05) is 17.7 Å². The summed E-state index contributed by atoms with van der Waals surface area (Å²) in [5.41, 5.74) is 5.58. The zero-order valence-corrected chi connectivity index (χ0v) is 26.0. The van der Waals surface area contributed by atoms with Crippen LogP contribution in [-0.4, -0.2) is 44.6 Å². The Morgan fingerprint density at radius 3 is 2.67 bits per heavy atom. The predicted molar refractivity (Wildman–Crippen MR) is 177 cm³/mol. The van der Waals surface area contributed by atoms with Gasteiger partial charge in [-0.25, -0.2) is 9.37 Å². The van der Waals surface area contributed by atoms with Crippen molar-refractivity contribution in [1.29, 1.82) is 0 Å². The first-order valence-electron chi connectivity index (χ1n) is 15.6. The van der Waals surface area contributed by atoms with E-state index in [-0.39, 0.29) is 12.3 Å². The first-order chi connectivity index (χ1) is 21.8. The van der Waals surface area contributed by atoms with Gasteiger partial charge in [0.2, 0.25) is 0 Å². The van der Waals surface area contributed by atoms with Crippen LogP contribution in [0.15, 0.2) is 79.4 Å². The molecule has 3 heterocycles. The number of allylic oxidation sites excluding steroid dienone is 1. The number of nitrogens with one attached hydrogen (secondary N) is 2. The van der Waals surface area contributed by atoms with Crippen molar-refractivity contribution in [1.82, 2.24) is 19.6 Å². The fraction of sp³-hybridized carbons (Fsp3) is 0.333. The highest BCUT2D eigenvalue weighted by molar-refractivity contribution is 5.98. The Hall–Kier alpha value is -4.63. The number of nitrogens with zero attached hydrogens (tertiary/aromatic N) is 4. The van der Waals surface area contributed by atoms with Gasteiger partial charge in [0, 0.05) is 54.9 Å². The third kappa shape index (κ3) is 6.59. The van der Waals surface area contributed by atoms with Crippen LogP contribution < -0.4 is 10.6 Å². The predicted octanol–water partition coefficient (Wildman–Crippen LogP) is 7.64. The van der Waals surface area contributed by atoms with Crippen LogP contribution >= 0.6 is 0 Å². The van der Waals surface area contributed by atoms with Crippen molar-refractivity contribution in [3.8, 4) is 11.3 Å². The zero-order chi connectivity index (χ0) is 31.5. The molecule has 1 fully saturated rings. The Bertz CT molecular complexity index is 1860. The summed E-state index contributed by atoms with van der Waals surface area (Å²) in [6.07, 6.45) is 8.14. The Kier molecular flexibility index (Phi) is 8.89. The van der Waals surface area contributed by atoms with Crippen molar-refractivity contribution in [3.63, 3.8) is 0 Å². The van der Waals surface area contributed by atoms with Crippen molar-refractivity contribution < 1.29 is 13.9 Å². The Morgan fingerprint density at radius 2 is 1.91 bits per heavy atom. The molecule has 2 aromatic carbocycles. The number of ketones is 1. The van der Waals surface area contributed by atoms with Gasteiger partial charge >= 0.3 is 0 Å². The zero-order valence-electron chi connectivity index (χ0n) is 26.0. The van der Waals surface area contributed by atoms with Gasteiger partial charge in [0.25, 0.3) is 0 Å². The number of halogens is 1. The number of pyridine rings is 1. The number of aromatic nitrogens is 4. The molecule has 1 aliphatic carbocycles. The lowest BCUT2D eigenvalue weighted by Crippen LogP contribution is -2.29. The SMILES string of the molecule is C=C(F)C(=O)Cc1ccc2c(-c3ccccc3CNc3cc(NC4CCC(OC)CC4)nc4c(C(C)C)cnn34)nccc2c1. The normalized spacial score (nSPS) is 16.7. The fourth-order valence-electron chi connectivity index (χ4n) is 6.16. The van der Waals surface area contributed by atoms with Crippen molar-refractivity contribution >= 4 is 33.8 Å². The maximum atomic E-state index is 13.3. The summed E-state index contributed by atoms with van der Waals surface area (Å²) in [6, 6.07) is 18.2. The summed E-state index contributed by atoms with van der Waals surface area (Å²) in [5, 5.41) is 13.9. The van der Waals surface area contributed by atoms with Gasteiger partial charge in [-0.1, -0.05) is 62.9 Å². The summed E-state index contributed by atoms with van der Waals surface area (Å²) in [4.78, 5) is 21.7. The van der Waals surface area contributed by atoms with E-state index in [0.29, 0.717) is 18.7 Å². The van der Waals surface area contributed by atoms with Crippen LogP contribution in [0.2, 0.25) is 0 Å². The van der Waals surface area contributed by atoms with E-state index < -0.39 is 11.6 Å². The molecule has 0 aliphatic heterocycles. The number of rotatable bonds is 11. The molecular formula is C36H39FN6O2. The highest BCUT2D eigenvalue weighted by Crippen LogP contribution is 2.32. The largest absolute Gasteiger partial charge is 0.381 e. The first kappa shape index (κ1) is 30.4. The number of ether oxygens (including phenoxy) is 1. The van der Waals surface area contributed by atoms with Gasteiger partial charge in [-0.05, 0) is 54.2 Å². The molecule has 0 amide bonds. The minimum Gasteiger partial charge on any atom is -0.381 e. The molecular weight excluding hydrogens is 567 g/mol. The van der Waals surface area contributed by atoms with Gasteiger partial charge in [0.05, 0.1) is 18.0 Å². The quantitative estimate of drug-likeness (QED) is 0.149. The minimum atomic E-state index is -0.925. The molecule has 0 bridgehead atoms. The Morgan fingerprint density at radius 1 is 1.11 bits per heavy atom. The van der Waals surface area contributed by atoms with Crippen LogP contribution in [0.5, 0.6) is 0 Å². The number of fused-ring (bicyclic) bond motifs is 2. The summed E-state index contributed by atoms with van der Waals surface area (Å²) in [5.74, 6) is 0.431. The summed E-state index contributed by atoms with van der Waals surface area (Å²) in [7, 11) is 1.79. The maximum Gasteiger partial charge on any atom is 0.194 e. The van der Waals surface area contributed by atoms with E-state index in [0.717, 1.165) is 81.7 Å².